The van der Waals surface area contributed by atoms with Gasteiger partial charge in [0.05, 0.1) is 12.1 Å². The maximum absolute atomic E-state index is 11.3. The Morgan fingerprint density at radius 3 is 2.83 bits per heavy atom. The highest BCUT2D eigenvalue weighted by Gasteiger charge is 2.41. The first-order valence-corrected chi connectivity index (χ1v) is 9.60. The molecule has 2 fully saturated rings. The van der Waals surface area contributed by atoms with E-state index in [9.17, 15) is 9.90 Å². The zero-order chi connectivity index (χ0) is 16.7. The first kappa shape index (κ1) is 16.1. The van der Waals surface area contributed by atoms with Crippen molar-refractivity contribution in [3.63, 3.8) is 0 Å². The fraction of sp³-hybridized carbons (Fsp3) is 0.526. The second kappa shape index (κ2) is 6.47. The highest BCUT2D eigenvalue weighted by Crippen LogP contribution is 2.38. The van der Waals surface area contributed by atoms with E-state index in [0.717, 1.165) is 32.5 Å². The number of nitrogens with zero attached hydrogens (tertiary/aromatic N) is 1. The molecule has 1 saturated heterocycles. The molecule has 1 amide bonds. The van der Waals surface area contributed by atoms with Gasteiger partial charge >= 0.3 is 0 Å². The second-order valence-electron chi connectivity index (χ2n) is 7.32. The molecule has 2 N–H and O–H groups in total. The van der Waals surface area contributed by atoms with E-state index in [1.54, 1.807) is 0 Å². The third-order valence-electron chi connectivity index (χ3n) is 5.56. The quantitative estimate of drug-likeness (QED) is 0.900. The average Bonchev–Trinajstić information content (AvgIpc) is 3.11. The lowest BCUT2D eigenvalue weighted by Crippen LogP contribution is -2.48. The molecular weight excluding hydrogens is 320 g/mol. The van der Waals surface area contributed by atoms with Gasteiger partial charge in [0.25, 0.3) is 0 Å². The highest BCUT2D eigenvalue weighted by atomic mass is 32.1. The summed E-state index contributed by atoms with van der Waals surface area (Å²) in [5.41, 5.74) is 1.41. The maximum atomic E-state index is 11.3. The first-order chi connectivity index (χ1) is 11.6. The molecule has 1 aromatic heterocycles. The normalized spacial score (nSPS) is 30.4. The van der Waals surface area contributed by atoms with Crippen LogP contribution in [0.1, 0.15) is 25.3 Å². The van der Waals surface area contributed by atoms with Crippen molar-refractivity contribution < 1.29 is 9.90 Å². The summed E-state index contributed by atoms with van der Waals surface area (Å²) in [5.74, 6) is 1.09. The number of benzene rings is 1. The van der Waals surface area contributed by atoms with Crippen LogP contribution in [-0.4, -0.2) is 41.1 Å². The van der Waals surface area contributed by atoms with E-state index in [-0.39, 0.29) is 11.9 Å². The minimum absolute atomic E-state index is 0.0444. The molecule has 24 heavy (non-hydrogen) atoms. The van der Waals surface area contributed by atoms with Gasteiger partial charge in [0.15, 0.2) is 0 Å². The fourth-order valence-electron chi connectivity index (χ4n) is 4.47. The van der Waals surface area contributed by atoms with Crippen LogP contribution >= 0.6 is 11.3 Å². The molecule has 2 heterocycles. The molecule has 2 aliphatic rings. The first-order valence-electron chi connectivity index (χ1n) is 8.73. The number of hydrogen-bond donors (Lipinski definition) is 2. The van der Waals surface area contributed by atoms with Crippen LogP contribution in [-0.2, 0) is 11.3 Å². The summed E-state index contributed by atoms with van der Waals surface area (Å²) >= 11 is 1.82. The van der Waals surface area contributed by atoms with Crippen LogP contribution in [0.2, 0.25) is 0 Å². The van der Waals surface area contributed by atoms with Crippen LogP contribution in [0.4, 0.5) is 0 Å². The smallest absolute Gasteiger partial charge is 0.217 e. The molecule has 0 radical (unpaired) electrons. The Morgan fingerprint density at radius 1 is 1.29 bits per heavy atom. The van der Waals surface area contributed by atoms with Gasteiger partial charge < -0.3 is 10.4 Å². The van der Waals surface area contributed by atoms with Gasteiger partial charge in [-0.05, 0) is 47.1 Å². The molecule has 1 aliphatic heterocycles. The predicted octanol–water partition coefficient (Wildman–Crippen LogP) is 2.61. The van der Waals surface area contributed by atoms with Crippen LogP contribution in [0.25, 0.3) is 10.1 Å². The number of nitrogens with one attached hydrogen (secondary N) is 1. The Bertz CT molecular complexity index is 744. The molecule has 1 aliphatic carbocycles. The number of amides is 1. The summed E-state index contributed by atoms with van der Waals surface area (Å²) in [7, 11) is 0. The van der Waals surface area contributed by atoms with E-state index in [0.29, 0.717) is 11.8 Å². The molecule has 5 heteroatoms. The van der Waals surface area contributed by atoms with Crippen LogP contribution in [0.15, 0.2) is 29.6 Å². The molecule has 4 rings (SSSR count). The van der Waals surface area contributed by atoms with Gasteiger partial charge in [-0.1, -0.05) is 18.2 Å². The number of aliphatic hydroxyl groups is 1. The molecule has 128 valence electrons. The number of hydrogen-bond acceptors (Lipinski definition) is 4. The summed E-state index contributed by atoms with van der Waals surface area (Å²) in [6, 6.07) is 8.51. The Balaban J connectivity index is 1.44. The lowest BCUT2D eigenvalue weighted by molar-refractivity contribution is -0.121. The maximum Gasteiger partial charge on any atom is 0.217 e. The highest BCUT2D eigenvalue weighted by molar-refractivity contribution is 7.17. The topological polar surface area (TPSA) is 52.6 Å². The summed E-state index contributed by atoms with van der Waals surface area (Å²) in [5, 5.41) is 16.9. The number of carbonyl (C=O) groups is 1. The van der Waals surface area contributed by atoms with Crippen molar-refractivity contribution in [1.29, 1.82) is 0 Å². The van der Waals surface area contributed by atoms with E-state index in [2.05, 4.69) is 39.9 Å². The van der Waals surface area contributed by atoms with Crippen molar-refractivity contribution in [2.75, 3.05) is 13.1 Å². The minimum Gasteiger partial charge on any atom is -0.391 e. The van der Waals surface area contributed by atoms with Gasteiger partial charge in [-0.25, -0.2) is 0 Å². The molecule has 0 spiro atoms. The molecule has 4 atom stereocenters. The van der Waals surface area contributed by atoms with Gasteiger partial charge in [0.2, 0.25) is 5.91 Å². The molecule has 1 saturated carbocycles. The summed E-state index contributed by atoms with van der Waals surface area (Å²) < 4.78 is 1.35. The summed E-state index contributed by atoms with van der Waals surface area (Å²) in [4.78, 5) is 13.8. The Labute approximate surface area is 146 Å². The summed E-state index contributed by atoms with van der Waals surface area (Å²) in [6.45, 7) is 4.63. The molecule has 0 unspecified atom stereocenters. The second-order valence-corrected chi connectivity index (χ2v) is 8.23. The van der Waals surface area contributed by atoms with Gasteiger partial charge in [0.1, 0.15) is 0 Å². The number of likely N-dealkylation sites (tertiary alicyclic amines) is 1. The van der Waals surface area contributed by atoms with E-state index in [1.807, 2.05) is 11.3 Å². The van der Waals surface area contributed by atoms with Gasteiger partial charge in [-0.2, -0.15) is 0 Å². The standard InChI is InChI=1S/C19H24N2O2S/c1-12(22)20-17-6-13-8-21(9-14(13)7-18(17)23)10-15-11-24-19-5-3-2-4-16(15)19/h2-5,11,13-14,17-18,23H,6-10H2,1H3,(H,20,22)/t13-,14+,17-,18-/m1/s1. The van der Waals surface area contributed by atoms with Crippen LogP contribution in [0.5, 0.6) is 0 Å². The van der Waals surface area contributed by atoms with Crippen molar-refractivity contribution in [2.24, 2.45) is 11.8 Å². The fourth-order valence-corrected chi connectivity index (χ4v) is 5.42. The van der Waals surface area contributed by atoms with Crippen LogP contribution in [0.3, 0.4) is 0 Å². The van der Waals surface area contributed by atoms with E-state index in [1.165, 1.54) is 22.6 Å². The Morgan fingerprint density at radius 2 is 2.04 bits per heavy atom. The van der Waals surface area contributed by atoms with Gasteiger partial charge in [-0.15, -0.1) is 11.3 Å². The van der Waals surface area contributed by atoms with Gasteiger partial charge in [-0.3, -0.25) is 9.69 Å². The molecule has 1 aromatic carbocycles. The molecule has 2 aromatic rings. The van der Waals surface area contributed by atoms with Gasteiger partial charge in [0, 0.05) is 31.3 Å². The third-order valence-corrected chi connectivity index (χ3v) is 6.57. The van der Waals surface area contributed by atoms with Crippen molar-refractivity contribution in [3.8, 4) is 0 Å². The monoisotopic (exact) mass is 344 g/mol. The van der Waals surface area contributed by atoms with E-state index >= 15 is 0 Å². The zero-order valence-electron chi connectivity index (χ0n) is 13.9. The van der Waals surface area contributed by atoms with Crippen molar-refractivity contribution in [2.45, 2.75) is 38.5 Å². The molecule has 4 nitrogen and oxygen atoms in total. The number of aliphatic hydroxyl groups excluding tert-OH is 1. The summed E-state index contributed by atoms with van der Waals surface area (Å²) in [6.07, 6.45) is 1.29. The number of thiophene rings is 1. The third kappa shape index (κ3) is 3.08. The molecule has 0 bridgehead atoms. The largest absolute Gasteiger partial charge is 0.391 e. The Kier molecular flexibility index (Phi) is 4.33. The average molecular weight is 344 g/mol. The van der Waals surface area contributed by atoms with Crippen molar-refractivity contribution in [3.05, 3.63) is 35.2 Å². The van der Waals surface area contributed by atoms with E-state index in [4.69, 9.17) is 0 Å². The van der Waals surface area contributed by atoms with Crippen molar-refractivity contribution >= 4 is 27.3 Å². The minimum atomic E-state index is -0.405. The predicted molar refractivity (Wildman–Crippen MR) is 96.9 cm³/mol. The number of carbonyl (C=O) groups excluding carboxylic acids is 1. The SMILES string of the molecule is CC(=O)N[C@@H]1C[C@@H]2CN(Cc3csc4ccccc34)C[C@@H]2C[C@H]1O. The van der Waals surface area contributed by atoms with E-state index < -0.39 is 6.10 Å². The molecular formula is C19H24N2O2S. The lowest BCUT2D eigenvalue weighted by atomic mass is 9.77. The van der Waals surface area contributed by atoms with Crippen LogP contribution in [0, 0.1) is 11.8 Å². The Hall–Kier alpha value is -1.43. The zero-order valence-corrected chi connectivity index (χ0v) is 14.8. The van der Waals surface area contributed by atoms with Crippen molar-refractivity contribution in [1.82, 2.24) is 10.2 Å². The number of rotatable bonds is 3. The lowest BCUT2D eigenvalue weighted by Gasteiger charge is -2.35. The van der Waals surface area contributed by atoms with Crippen LogP contribution < -0.4 is 5.32 Å². The number of fused-ring (bicyclic) bond motifs is 2.